The molecule has 19 heavy (non-hydrogen) atoms. The predicted molar refractivity (Wildman–Crippen MR) is 68.1 cm³/mol. The smallest absolute Gasteiger partial charge is 0.332 e. The van der Waals surface area contributed by atoms with Gasteiger partial charge in [0.1, 0.15) is 0 Å². The number of imidazole rings is 1. The highest BCUT2D eigenvalue weighted by Gasteiger charge is 2.14. The first-order chi connectivity index (χ1) is 8.99. The van der Waals surface area contributed by atoms with Crippen LogP contribution in [-0.4, -0.2) is 28.9 Å². The Balaban J connectivity index is 2.39. The van der Waals surface area contributed by atoms with Gasteiger partial charge in [0.15, 0.2) is 11.2 Å². The second kappa shape index (κ2) is 3.57. The fourth-order valence-corrected chi connectivity index (χ4v) is 1.87. The highest BCUT2D eigenvalue weighted by atomic mass is 16.2. The summed E-state index contributed by atoms with van der Waals surface area (Å²) in [6, 6.07) is 0. The van der Waals surface area contributed by atoms with Crippen LogP contribution in [0.25, 0.3) is 17.1 Å². The average molecular weight is 261 g/mol. The molecule has 0 aromatic carbocycles. The van der Waals surface area contributed by atoms with Gasteiger partial charge in [0.25, 0.3) is 5.56 Å². The van der Waals surface area contributed by atoms with Crippen molar-refractivity contribution in [2.75, 3.05) is 5.73 Å². The minimum Gasteiger partial charge on any atom is -0.396 e. The van der Waals surface area contributed by atoms with Gasteiger partial charge in [-0.15, -0.1) is 0 Å². The zero-order valence-corrected chi connectivity index (χ0v) is 10.3. The molecule has 9 heteroatoms. The average Bonchev–Trinajstić information content (AvgIpc) is 3.00. The number of nitrogen functional groups attached to an aromatic ring is 1. The maximum absolute atomic E-state index is 12.0. The molecule has 3 N–H and O–H groups in total. The Morgan fingerprint density at radius 1 is 1.26 bits per heavy atom. The first-order valence-corrected chi connectivity index (χ1v) is 5.45. The van der Waals surface area contributed by atoms with Crippen LogP contribution in [0.3, 0.4) is 0 Å². The molecule has 0 saturated carbocycles. The van der Waals surface area contributed by atoms with Crippen molar-refractivity contribution in [1.82, 2.24) is 28.9 Å². The molecule has 9 nitrogen and oxygen atoms in total. The molecule has 0 saturated heterocycles. The van der Waals surface area contributed by atoms with E-state index in [1.54, 1.807) is 13.2 Å². The van der Waals surface area contributed by atoms with Gasteiger partial charge in [-0.05, 0) is 0 Å². The summed E-state index contributed by atoms with van der Waals surface area (Å²) in [4.78, 5) is 30.8. The van der Waals surface area contributed by atoms with Crippen molar-refractivity contribution in [3.05, 3.63) is 33.2 Å². The Morgan fingerprint density at radius 3 is 2.63 bits per heavy atom. The van der Waals surface area contributed by atoms with E-state index in [1.165, 1.54) is 22.5 Å². The molecule has 0 fully saturated rings. The molecule has 0 unspecified atom stereocenters. The molecule has 0 aliphatic carbocycles. The van der Waals surface area contributed by atoms with E-state index < -0.39 is 11.2 Å². The molecule has 3 heterocycles. The molecule has 98 valence electrons. The van der Waals surface area contributed by atoms with Crippen LogP contribution in [0.4, 0.5) is 5.69 Å². The number of H-pyrrole nitrogens is 1. The van der Waals surface area contributed by atoms with E-state index in [1.807, 2.05) is 0 Å². The number of aromatic amines is 1. The van der Waals surface area contributed by atoms with Crippen LogP contribution in [0.2, 0.25) is 0 Å². The number of anilines is 1. The van der Waals surface area contributed by atoms with Crippen LogP contribution in [0.15, 0.2) is 22.0 Å². The van der Waals surface area contributed by atoms with E-state index in [0.717, 1.165) is 4.57 Å². The summed E-state index contributed by atoms with van der Waals surface area (Å²) in [6.45, 7) is 0. The number of nitrogens with two attached hydrogens (primary N) is 1. The van der Waals surface area contributed by atoms with E-state index in [-0.39, 0.29) is 11.2 Å². The Hall–Kier alpha value is -2.84. The number of aryl methyl sites for hydroxylation is 1. The van der Waals surface area contributed by atoms with Gasteiger partial charge in [-0.2, -0.15) is 10.1 Å². The van der Waals surface area contributed by atoms with Crippen molar-refractivity contribution in [1.29, 1.82) is 0 Å². The molecule has 0 spiro atoms. The Bertz CT molecular complexity index is 895. The Kier molecular flexibility index (Phi) is 2.12. The quantitative estimate of drug-likeness (QED) is 0.566. The second-order valence-electron chi connectivity index (χ2n) is 4.18. The van der Waals surface area contributed by atoms with Gasteiger partial charge in [-0.3, -0.25) is 13.9 Å². The molecule has 0 bridgehead atoms. The highest BCUT2D eigenvalue weighted by Crippen LogP contribution is 2.09. The van der Waals surface area contributed by atoms with Crippen molar-refractivity contribution in [3.63, 3.8) is 0 Å². The first-order valence-electron chi connectivity index (χ1n) is 5.45. The van der Waals surface area contributed by atoms with Gasteiger partial charge in [0, 0.05) is 14.1 Å². The van der Waals surface area contributed by atoms with Crippen LogP contribution < -0.4 is 17.0 Å². The summed E-state index contributed by atoms with van der Waals surface area (Å²) < 4.78 is 3.71. The molecule has 3 rings (SSSR count). The van der Waals surface area contributed by atoms with Gasteiger partial charge >= 0.3 is 5.69 Å². The number of hydrogen-bond acceptors (Lipinski definition) is 5. The largest absolute Gasteiger partial charge is 0.396 e. The lowest BCUT2D eigenvalue weighted by Gasteiger charge is -2.00. The zero-order chi connectivity index (χ0) is 13.7. The Labute approximate surface area is 105 Å². The summed E-state index contributed by atoms with van der Waals surface area (Å²) in [7, 11) is 2.96. The monoisotopic (exact) mass is 261 g/mol. The highest BCUT2D eigenvalue weighted by molar-refractivity contribution is 5.71. The molecular weight excluding hydrogens is 250 g/mol. The fraction of sp³-hybridized carbons (Fsp3) is 0.200. The molecule has 0 radical (unpaired) electrons. The van der Waals surface area contributed by atoms with Gasteiger partial charge < -0.3 is 10.7 Å². The van der Waals surface area contributed by atoms with Crippen LogP contribution in [0.5, 0.6) is 0 Å². The van der Waals surface area contributed by atoms with E-state index in [4.69, 9.17) is 5.73 Å². The van der Waals surface area contributed by atoms with Gasteiger partial charge in [0.2, 0.25) is 5.95 Å². The normalized spacial score (nSPS) is 11.3. The van der Waals surface area contributed by atoms with Crippen LogP contribution in [-0.2, 0) is 14.1 Å². The number of nitrogens with one attached hydrogen (secondary N) is 1. The lowest BCUT2D eigenvalue weighted by molar-refractivity contribution is 0.708. The van der Waals surface area contributed by atoms with Crippen molar-refractivity contribution in [2.24, 2.45) is 14.1 Å². The van der Waals surface area contributed by atoms with Gasteiger partial charge in [0.05, 0.1) is 18.1 Å². The van der Waals surface area contributed by atoms with E-state index in [2.05, 4.69) is 15.1 Å². The van der Waals surface area contributed by atoms with E-state index in [9.17, 15) is 9.59 Å². The predicted octanol–water partition coefficient (Wildman–Crippen LogP) is -1.27. The third-order valence-electron chi connectivity index (χ3n) is 2.90. The summed E-state index contributed by atoms with van der Waals surface area (Å²) >= 11 is 0. The summed E-state index contributed by atoms with van der Waals surface area (Å²) in [6.07, 6.45) is 3.02. The summed E-state index contributed by atoms with van der Waals surface area (Å²) in [5.74, 6) is 0.324. The molecule has 0 aliphatic heterocycles. The number of rotatable bonds is 1. The van der Waals surface area contributed by atoms with Crippen LogP contribution in [0.1, 0.15) is 0 Å². The van der Waals surface area contributed by atoms with Crippen molar-refractivity contribution < 1.29 is 0 Å². The standard InChI is InChI=1S/C10H11N7O2/c1-15-7-6(8(18)16(2)10(15)19)13-9(14-7)17-4-5(11)3-12-17/h3-4H,11H2,1-2H3,(H,13,14). The second-order valence-corrected chi connectivity index (χ2v) is 4.18. The van der Waals surface area contributed by atoms with E-state index >= 15 is 0 Å². The molecule has 0 aliphatic rings. The molecular formula is C10H11N7O2. The van der Waals surface area contributed by atoms with Gasteiger partial charge in [-0.1, -0.05) is 0 Å². The topological polar surface area (TPSA) is 117 Å². The fourth-order valence-electron chi connectivity index (χ4n) is 1.87. The lowest BCUT2D eigenvalue weighted by Crippen LogP contribution is -2.36. The summed E-state index contributed by atoms with van der Waals surface area (Å²) in [5.41, 5.74) is 5.70. The minimum absolute atomic E-state index is 0.244. The first kappa shape index (κ1) is 11.3. The van der Waals surface area contributed by atoms with E-state index in [0.29, 0.717) is 11.6 Å². The maximum atomic E-state index is 12.0. The van der Waals surface area contributed by atoms with Gasteiger partial charge in [-0.25, -0.2) is 9.48 Å². The van der Waals surface area contributed by atoms with Crippen molar-refractivity contribution in [2.45, 2.75) is 0 Å². The van der Waals surface area contributed by atoms with Crippen LogP contribution >= 0.6 is 0 Å². The molecule has 0 atom stereocenters. The SMILES string of the molecule is Cn1c(=O)c2[nH]c(-n3cc(N)cn3)nc2n(C)c1=O. The van der Waals surface area contributed by atoms with Crippen molar-refractivity contribution >= 4 is 16.9 Å². The molecule has 3 aromatic rings. The maximum Gasteiger partial charge on any atom is 0.332 e. The summed E-state index contributed by atoms with van der Waals surface area (Å²) in [5, 5.41) is 3.99. The molecule has 3 aromatic heterocycles. The lowest BCUT2D eigenvalue weighted by atomic mass is 10.5. The van der Waals surface area contributed by atoms with Crippen molar-refractivity contribution in [3.8, 4) is 5.95 Å². The zero-order valence-electron chi connectivity index (χ0n) is 10.3. The number of fused-ring (bicyclic) bond motifs is 1. The molecule has 0 amide bonds. The minimum atomic E-state index is -0.435. The van der Waals surface area contributed by atoms with Crippen LogP contribution in [0, 0.1) is 0 Å². The number of nitrogens with zero attached hydrogens (tertiary/aromatic N) is 5. The Morgan fingerprint density at radius 2 is 2.00 bits per heavy atom. The number of hydrogen-bond donors (Lipinski definition) is 2. The third kappa shape index (κ3) is 1.48. The third-order valence-corrected chi connectivity index (χ3v) is 2.90. The number of aromatic nitrogens is 6.